The molecular formula is C6H11NO3. The van der Waals surface area contributed by atoms with Gasteiger partial charge in [-0.3, -0.25) is 4.79 Å². The van der Waals surface area contributed by atoms with Gasteiger partial charge in [-0.2, -0.15) is 0 Å². The third kappa shape index (κ3) is 3.88. The molecule has 10 heavy (non-hydrogen) atoms. The second kappa shape index (κ2) is 4.78. The van der Waals surface area contributed by atoms with Crippen LogP contribution in [-0.2, 0) is 9.53 Å². The molecule has 4 heteroatoms. The smallest absolute Gasteiger partial charge is 0.311 e. The number of esters is 1. The molecule has 0 amide bonds. The first-order chi connectivity index (χ1) is 4.70. The maximum Gasteiger partial charge on any atom is 0.311 e. The van der Waals surface area contributed by atoms with Gasteiger partial charge in [0.05, 0.1) is 18.7 Å². The Morgan fingerprint density at radius 2 is 2.30 bits per heavy atom. The van der Waals surface area contributed by atoms with Crippen LogP contribution >= 0.6 is 0 Å². The predicted molar refractivity (Wildman–Crippen MR) is 36.1 cm³/mol. The molecule has 0 saturated heterocycles. The second-order valence-electron chi connectivity index (χ2n) is 1.82. The lowest BCUT2D eigenvalue weighted by Gasteiger charge is -1.98. The molecule has 58 valence electrons. The first-order valence-electron chi connectivity index (χ1n) is 3.03. The summed E-state index contributed by atoms with van der Waals surface area (Å²) >= 11 is 0. The van der Waals surface area contributed by atoms with E-state index in [1.807, 2.05) is 0 Å². The fourth-order valence-corrected chi connectivity index (χ4v) is 0.456. The third-order valence-electron chi connectivity index (χ3n) is 0.876. The molecule has 0 aliphatic heterocycles. The highest BCUT2D eigenvalue weighted by Gasteiger charge is 2.02. The van der Waals surface area contributed by atoms with Gasteiger partial charge >= 0.3 is 5.97 Å². The number of oxime groups is 1. The van der Waals surface area contributed by atoms with Crippen molar-refractivity contribution in [2.45, 2.75) is 20.3 Å². The summed E-state index contributed by atoms with van der Waals surface area (Å²) in [6, 6.07) is 0. The zero-order valence-corrected chi connectivity index (χ0v) is 6.13. The molecule has 0 rings (SSSR count). The summed E-state index contributed by atoms with van der Waals surface area (Å²) < 4.78 is 4.58. The number of hydrogen-bond donors (Lipinski definition) is 1. The van der Waals surface area contributed by atoms with E-state index in [-0.39, 0.29) is 12.4 Å². The highest BCUT2D eigenvalue weighted by atomic mass is 16.5. The predicted octanol–water partition coefficient (Wildman–Crippen LogP) is 0.790. The van der Waals surface area contributed by atoms with Gasteiger partial charge in [0.25, 0.3) is 0 Å². The van der Waals surface area contributed by atoms with Crippen LogP contribution in [0.15, 0.2) is 5.16 Å². The molecule has 0 radical (unpaired) electrons. The maximum absolute atomic E-state index is 10.6. The van der Waals surface area contributed by atoms with Gasteiger partial charge in [0, 0.05) is 0 Å². The number of nitrogens with zero attached hydrogens (tertiary/aromatic N) is 1. The summed E-state index contributed by atoms with van der Waals surface area (Å²) in [5.41, 5.74) is 0.360. The summed E-state index contributed by atoms with van der Waals surface area (Å²) in [6.45, 7) is 3.64. The van der Waals surface area contributed by atoms with E-state index in [1.165, 1.54) is 0 Å². The molecule has 0 aliphatic carbocycles. The first kappa shape index (κ1) is 8.94. The number of carbonyl (C=O) groups is 1. The van der Waals surface area contributed by atoms with Crippen molar-refractivity contribution in [3.8, 4) is 0 Å². The molecule has 0 bridgehead atoms. The van der Waals surface area contributed by atoms with E-state index in [0.29, 0.717) is 12.3 Å². The normalized spacial score (nSPS) is 11.2. The summed E-state index contributed by atoms with van der Waals surface area (Å²) in [7, 11) is 0. The standard InChI is InChI=1S/C6H11NO3/c1-3-10-6(8)4-5(2)7-9/h9H,3-4H2,1-2H3. The lowest BCUT2D eigenvalue weighted by molar-refractivity contribution is -0.141. The summed E-state index contributed by atoms with van der Waals surface area (Å²) in [6.07, 6.45) is 0.0599. The molecule has 1 N–H and O–H groups in total. The van der Waals surface area contributed by atoms with E-state index in [4.69, 9.17) is 5.21 Å². The minimum atomic E-state index is -0.363. The van der Waals surface area contributed by atoms with E-state index < -0.39 is 0 Å². The van der Waals surface area contributed by atoms with Gasteiger partial charge < -0.3 is 9.94 Å². The van der Waals surface area contributed by atoms with Crippen LogP contribution in [0.1, 0.15) is 20.3 Å². The average molecular weight is 145 g/mol. The molecule has 0 heterocycles. The molecule has 4 nitrogen and oxygen atoms in total. The van der Waals surface area contributed by atoms with Crippen LogP contribution in [0.2, 0.25) is 0 Å². The maximum atomic E-state index is 10.6. The number of rotatable bonds is 3. The second-order valence-corrected chi connectivity index (χ2v) is 1.82. The Balaban J connectivity index is 3.58. The number of hydrogen-bond acceptors (Lipinski definition) is 4. The van der Waals surface area contributed by atoms with E-state index in [1.54, 1.807) is 13.8 Å². The van der Waals surface area contributed by atoms with Crippen LogP contribution in [0.25, 0.3) is 0 Å². The summed E-state index contributed by atoms with van der Waals surface area (Å²) in [4.78, 5) is 10.6. The number of carbonyl (C=O) groups excluding carboxylic acids is 1. The van der Waals surface area contributed by atoms with Crippen LogP contribution in [0.5, 0.6) is 0 Å². The zero-order chi connectivity index (χ0) is 7.98. The van der Waals surface area contributed by atoms with Crippen LogP contribution in [0.4, 0.5) is 0 Å². The molecule has 0 fully saturated rings. The fourth-order valence-electron chi connectivity index (χ4n) is 0.456. The highest BCUT2D eigenvalue weighted by molar-refractivity contribution is 5.97. The Kier molecular flexibility index (Phi) is 4.28. The van der Waals surface area contributed by atoms with Crippen molar-refractivity contribution in [2.75, 3.05) is 6.61 Å². The third-order valence-corrected chi connectivity index (χ3v) is 0.876. The van der Waals surface area contributed by atoms with Crippen LogP contribution < -0.4 is 0 Å². The number of ether oxygens (including phenoxy) is 1. The van der Waals surface area contributed by atoms with Gasteiger partial charge in [0.1, 0.15) is 0 Å². The lowest BCUT2D eigenvalue weighted by Crippen LogP contribution is -2.08. The first-order valence-corrected chi connectivity index (χ1v) is 3.03. The van der Waals surface area contributed by atoms with Crippen molar-refractivity contribution in [3.05, 3.63) is 0 Å². The average Bonchev–Trinajstić information content (AvgIpc) is 1.88. The summed E-state index contributed by atoms with van der Waals surface area (Å²) in [5.74, 6) is -0.363. The van der Waals surface area contributed by atoms with Crippen molar-refractivity contribution in [1.29, 1.82) is 0 Å². The van der Waals surface area contributed by atoms with Crippen LogP contribution in [-0.4, -0.2) is 23.5 Å². The monoisotopic (exact) mass is 145 g/mol. The van der Waals surface area contributed by atoms with Gasteiger partial charge in [-0.1, -0.05) is 5.16 Å². The fraction of sp³-hybridized carbons (Fsp3) is 0.667. The van der Waals surface area contributed by atoms with Gasteiger partial charge in [-0.05, 0) is 13.8 Å². The highest BCUT2D eigenvalue weighted by Crippen LogP contribution is 1.88. The van der Waals surface area contributed by atoms with E-state index in [2.05, 4.69) is 9.89 Å². The van der Waals surface area contributed by atoms with Gasteiger partial charge in [-0.15, -0.1) is 0 Å². The van der Waals surface area contributed by atoms with Crippen LogP contribution in [0.3, 0.4) is 0 Å². The van der Waals surface area contributed by atoms with E-state index in [0.717, 1.165) is 0 Å². The Morgan fingerprint density at radius 1 is 1.70 bits per heavy atom. The SMILES string of the molecule is CCOC(=O)CC(C)=NO. The molecule has 0 unspecified atom stereocenters. The largest absolute Gasteiger partial charge is 0.466 e. The molecule has 0 aromatic rings. The Labute approximate surface area is 59.5 Å². The van der Waals surface area contributed by atoms with E-state index >= 15 is 0 Å². The van der Waals surface area contributed by atoms with Gasteiger partial charge in [0.15, 0.2) is 0 Å². The Bertz CT molecular complexity index is 142. The van der Waals surface area contributed by atoms with Crippen molar-refractivity contribution < 1.29 is 14.7 Å². The van der Waals surface area contributed by atoms with Crippen molar-refractivity contribution in [3.63, 3.8) is 0 Å². The molecule has 0 spiro atoms. The minimum Gasteiger partial charge on any atom is -0.466 e. The van der Waals surface area contributed by atoms with Crippen molar-refractivity contribution >= 4 is 11.7 Å². The summed E-state index contributed by atoms with van der Waals surface area (Å²) in [5, 5.41) is 11.0. The topological polar surface area (TPSA) is 58.9 Å². The van der Waals surface area contributed by atoms with Crippen molar-refractivity contribution in [2.24, 2.45) is 5.16 Å². The zero-order valence-electron chi connectivity index (χ0n) is 6.13. The Hall–Kier alpha value is -1.06. The lowest BCUT2D eigenvalue weighted by atomic mass is 10.3. The molecule has 0 aromatic heterocycles. The molecule has 0 atom stereocenters. The van der Waals surface area contributed by atoms with E-state index in [9.17, 15) is 4.79 Å². The Morgan fingerprint density at radius 3 is 2.70 bits per heavy atom. The van der Waals surface area contributed by atoms with Gasteiger partial charge in [-0.25, -0.2) is 0 Å². The molecule has 0 aliphatic rings. The van der Waals surface area contributed by atoms with Crippen molar-refractivity contribution in [1.82, 2.24) is 0 Å². The molecule has 0 saturated carbocycles. The quantitative estimate of drug-likeness (QED) is 0.276. The molecule has 0 aromatic carbocycles. The van der Waals surface area contributed by atoms with Crippen LogP contribution in [0, 0.1) is 0 Å². The molecular weight excluding hydrogens is 134 g/mol. The van der Waals surface area contributed by atoms with Gasteiger partial charge in [0.2, 0.25) is 0 Å². The minimum absolute atomic E-state index is 0.0599.